The summed E-state index contributed by atoms with van der Waals surface area (Å²) < 4.78 is 0. The fourth-order valence-electron chi connectivity index (χ4n) is 1.95. The highest BCUT2D eigenvalue weighted by atomic mass is 35.5. The molecule has 1 aromatic carbocycles. The Hall–Kier alpha value is -1.27. The normalized spacial score (nSPS) is 16.1. The van der Waals surface area contributed by atoms with E-state index in [1.165, 1.54) is 18.2 Å². The van der Waals surface area contributed by atoms with Gasteiger partial charge in [-0.2, -0.15) is 11.8 Å². The van der Waals surface area contributed by atoms with Crippen LogP contribution in [0.15, 0.2) is 18.2 Å². The summed E-state index contributed by atoms with van der Waals surface area (Å²) in [6.07, 6.45) is 1.79. The van der Waals surface area contributed by atoms with Crippen LogP contribution in [-0.4, -0.2) is 28.4 Å². The molecule has 19 heavy (non-hydrogen) atoms. The molecule has 102 valence electrons. The molecule has 0 spiro atoms. The number of thioether (sulfide) groups is 1. The number of rotatable bonds is 3. The van der Waals surface area contributed by atoms with Crippen molar-refractivity contribution in [1.82, 2.24) is 5.32 Å². The van der Waals surface area contributed by atoms with Crippen LogP contribution in [0.25, 0.3) is 0 Å². The van der Waals surface area contributed by atoms with Crippen molar-refractivity contribution in [3.63, 3.8) is 0 Å². The number of hydrogen-bond acceptors (Lipinski definition) is 4. The van der Waals surface area contributed by atoms with Gasteiger partial charge in [0, 0.05) is 17.1 Å². The van der Waals surface area contributed by atoms with Gasteiger partial charge in [-0.25, -0.2) is 0 Å². The van der Waals surface area contributed by atoms with E-state index >= 15 is 0 Å². The van der Waals surface area contributed by atoms with Crippen molar-refractivity contribution >= 4 is 35.0 Å². The van der Waals surface area contributed by atoms with Crippen molar-refractivity contribution in [3.8, 4) is 0 Å². The third kappa shape index (κ3) is 3.61. The van der Waals surface area contributed by atoms with Crippen molar-refractivity contribution in [2.75, 3.05) is 11.5 Å². The zero-order valence-electron chi connectivity index (χ0n) is 10.1. The van der Waals surface area contributed by atoms with Crippen LogP contribution in [0.3, 0.4) is 0 Å². The fraction of sp³-hybridized carbons (Fsp3) is 0.417. The van der Waals surface area contributed by atoms with Crippen LogP contribution in [0.5, 0.6) is 0 Å². The molecule has 0 aliphatic carbocycles. The molecule has 5 nitrogen and oxygen atoms in total. The highest BCUT2D eigenvalue weighted by Crippen LogP contribution is 2.24. The second-order valence-electron chi connectivity index (χ2n) is 4.28. The van der Waals surface area contributed by atoms with Crippen molar-refractivity contribution in [2.45, 2.75) is 18.9 Å². The van der Waals surface area contributed by atoms with Gasteiger partial charge in [-0.15, -0.1) is 0 Å². The second-order valence-corrected chi connectivity index (χ2v) is 5.94. The molecule has 0 aromatic heterocycles. The third-order valence-corrected chi connectivity index (χ3v) is 4.24. The first-order chi connectivity index (χ1) is 9.08. The quantitative estimate of drug-likeness (QED) is 0.688. The molecule has 0 radical (unpaired) electrons. The van der Waals surface area contributed by atoms with Crippen molar-refractivity contribution in [3.05, 3.63) is 38.9 Å². The molecule has 1 aliphatic heterocycles. The summed E-state index contributed by atoms with van der Waals surface area (Å²) in [5, 5.41) is 14.1. The average Bonchev–Trinajstić information content (AvgIpc) is 2.39. The van der Waals surface area contributed by atoms with E-state index in [9.17, 15) is 14.9 Å². The number of amides is 1. The summed E-state index contributed by atoms with van der Waals surface area (Å²) >= 11 is 7.65. The van der Waals surface area contributed by atoms with Crippen LogP contribution in [0.1, 0.15) is 23.2 Å². The second kappa shape index (κ2) is 6.25. The zero-order valence-corrected chi connectivity index (χ0v) is 11.7. The van der Waals surface area contributed by atoms with Crippen LogP contribution >= 0.6 is 23.4 Å². The van der Waals surface area contributed by atoms with E-state index in [2.05, 4.69) is 5.32 Å². The van der Waals surface area contributed by atoms with Crippen molar-refractivity contribution < 1.29 is 9.72 Å². The molecule has 1 amide bonds. The lowest BCUT2D eigenvalue weighted by Gasteiger charge is -2.22. The first-order valence-corrected chi connectivity index (χ1v) is 7.44. The number of nitro benzene ring substituents is 1. The summed E-state index contributed by atoms with van der Waals surface area (Å²) in [5.41, 5.74) is -0.192. The maximum Gasteiger partial charge on any atom is 0.282 e. The number of nitrogens with one attached hydrogen (secondary N) is 1. The highest BCUT2D eigenvalue weighted by Gasteiger charge is 2.23. The molecular weight excluding hydrogens is 288 g/mol. The molecule has 1 aromatic rings. The Morgan fingerprint density at radius 3 is 2.74 bits per heavy atom. The van der Waals surface area contributed by atoms with Crippen molar-refractivity contribution in [2.24, 2.45) is 0 Å². The van der Waals surface area contributed by atoms with Gasteiger partial charge in [0.25, 0.3) is 11.6 Å². The Morgan fingerprint density at radius 1 is 1.42 bits per heavy atom. The molecule has 1 N–H and O–H groups in total. The molecule has 0 bridgehead atoms. The Labute approximate surface area is 119 Å². The van der Waals surface area contributed by atoms with E-state index in [4.69, 9.17) is 11.6 Å². The fourth-order valence-corrected chi connectivity index (χ4v) is 3.23. The average molecular weight is 301 g/mol. The minimum Gasteiger partial charge on any atom is -0.349 e. The molecule has 1 fully saturated rings. The van der Waals surface area contributed by atoms with Crippen LogP contribution in [0.4, 0.5) is 5.69 Å². The highest BCUT2D eigenvalue weighted by molar-refractivity contribution is 7.99. The lowest BCUT2D eigenvalue weighted by Crippen LogP contribution is -2.37. The molecule has 2 rings (SSSR count). The minimum absolute atomic E-state index is 0.0238. The Kier molecular flexibility index (Phi) is 4.66. The molecule has 1 heterocycles. The predicted octanol–water partition coefficient (Wildman–Crippen LogP) is 2.87. The molecule has 1 aliphatic rings. The molecule has 0 unspecified atom stereocenters. The maximum absolute atomic E-state index is 12.1. The van der Waals surface area contributed by atoms with Gasteiger partial charge in [0.1, 0.15) is 5.56 Å². The Balaban J connectivity index is 2.17. The van der Waals surface area contributed by atoms with Gasteiger partial charge in [0.2, 0.25) is 0 Å². The number of halogens is 1. The predicted molar refractivity (Wildman–Crippen MR) is 75.9 cm³/mol. The van der Waals surface area contributed by atoms with E-state index in [1.54, 1.807) is 0 Å². The molecule has 0 saturated carbocycles. The molecular formula is C12H13ClN2O3S. The Morgan fingerprint density at radius 2 is 2.11 bits per heavy atom. The first-order valence-electron chi connectivity index (χ1n) is 5.90. The van der Waals surface area contributed by atoms with Crippen molar-refractivity contribution in [1.29, 1.82) is 0 Å². The third-order valence-electron chi connectivity index (χ3n) is 2.96. The summed E-state index contributed by atoms with van der Waals surface area (Å²) in [6.45, 7) is 0. The summed E-state index contributed by atoms with van der Waals surface area (Å²) in [7, 11) is 0. The van der Waals surface area contributed by atoms with E-state index < -0.39 is 10.8 Å². The number of nitro groups is 1. The van der Waals surface area contributed by atoms with Gasteiger partial charge in [0.05, 0.1) is 4.92 Å². The summed E-state index contributed by atoms with van der Waals surface area (Å²) in [4.78, 5) is 22.5. The van der Waals surface area contributed by atoms with Crippen LogP contribution in [-0.2, 0) is 0 Å². The summed E-state index contributed by atoms with van der Waals surface area (Å²) in [6, 6.07) is 4.10. The van der Waals surface area contributed by atoms with E-state index in [1.807, 2.05) is 11.8 Å². The van der Waals surface area contributed by atoms with Gasteiger partial charge >= 0.3 is 0 Å². The summed E-state index contributed by atoms with van der Waals surface area (Å²) in [5.74, 6) is 1.58. The zero-order chi connectivity index (χ0) is 13.8. The van der Waals surface area contributed by atoms with Gasteiger partial charge in [-0.1, -0.05) is 11.6 Å². The monoisotopic (exact) mass is 300 g/mol. The van der Waals surface area contributed by atoms with Crippen LogP contribution < -0.4 is 5.32 Å². The SMILES string of the molecule is O=C(NC1CCSCC1)c1cc(Cl)ccc1[N+](=O)[O-]. The van der Waals surface area contributed by atoms with Gasteiger partial charge in [-0.3, -0.25) is 14.9 Å². The number of carbonyl (C=O) groups is 1. The van der Waals surface area contributed by atoms with Crippen LogP contribution in [0.2, 0.25) is 5.02 Å². The number of benzene rings is 1. The molecule has 0 atom stereocenters. The largest absolute Gasteiger partial charge is 0.349 e. The van der Waals surface area contributed by atoms with Gasteiger partial charge in [-0.05, 0) is 36.5 Å². The lowest BCUT2D eigenvalue weighted by atomic mass is 10.1. The molecule has 1 saturated heterocycles. The topological polar surface area (TPSA) is 72.2 Å². The molecule has 7 heteroatoms. The smallest absolute Gasteiger partial charge is 0.282 e. The first kappa shape index (κ1) is 14.1. The van der Waals surface area contributed by atoms with Crippen LogP contribution in [0, 0.1) is 10.1 Å². The maximum atomic E-state index is 12.1. The van der Waals surface area contributed by atoms with Gasteiger partial charge in [0.15, 0.2) is 0 Å². The number of carbonyl (C=O) groups excluding carboxylic acids is 1. The van der Waals surface area contributed by atoms with E-state index in [0.717, 1.165) is 24.3 Å². The standard InChI is InChI=1S/C12H13ClN2O3S/c13-8-1-2-11(15(17)18)10(7-8)12(16)14-9-3-5-19-6-4-9/h1-2,7,9H,3-6H2,(H,14,16). The van der Waals surface area contributed by atoms with E-state index in [0.29, 0.717) is 5.02 Å². The lowest BCUT2D eigenvalue weighted by molar-refractivity contribution is -0.385. The van der Waals surface area contributed by atoms with Gasteiger partial charge < -0.3 is 5.32 Å². The Bertz CT molecular complexity index is 504. The number of nitrogens with zero attached hydrogens (tertiary/aromatic N) is 1. The van der Waals surface area contributed by atoms with E-state index in [-0.39, 0.29) is 17.3 Å². The number of hydrogen-bond donors (Lipinski definition) is 1. The minimum atomic E-state index is -0.567.